The first-order valence-corrected chi connectivity index (χ1v) is 8.96. The standard InChI is InChI=1S/C17H20F3N3OS.ClH/c1-16(9-21)6-7-23(10-16)15(24)5-4-14-22-12-8-11(17(18,19)20)2-3-13(12)25-14;/h2-3,8H,4-7,9-10,21H2,1H3;1H. The molecule has 0 aliphatic carbocycles. The number of likely N-dealkylation sites (tertiary alicyclic amines) is 1. The van der Waals surface area contributed by atoms with E-state index < -0.39 is 11.7 Å². The Bertz CT molecular complexity index is 795. The van der Waals surface area contributed by atoms with Crippen LogP contribution in [0.4, 0.5) is 13.2 Å². The fourth-order valence-corrected chi connectivity index (χ4v) is 3.98. The molecule has 26 heavy (non-hydrogen) atoms. The Hall–Kier alpha value is -1.38. The van der Waals surface area contributed by atoms with Crippen molar-refractivity contribution in [2.45, 2.75) is 32.4 Å². The zero-order chi connectivity index (χ0) is 18.2. The molecule has 0 bridgehead atoms. The number of alkyl halides is 3. The second-order valence-corrected chi connectivity index (χ2v) is 7.98. The van der Waals surface area contributed by atoms with Gasteiger partial charge in [-0.2, -0.15) is 13.2 Å². The average Bonchev–Trinajstić information content (AvgIpc) is 3.15. The SMILES string of the molecule is CC1(CN)CCN(C(=O)CCc2nc3cc(C(F)(F)F)ccc3s2)C1.Cl. The van der Waals surface area contributed by atoms with Gasteiger partial charge in [-0.25, -0.2) is 4.98 Å². The Morgan fingerprint density at radius 3 is 2.77 bits per heavy atom. The first kappa shape index (κ1) is 20.9. The van der Waals surface area contributed by atoms with Crippen LogP contribution in [0, 0.1) is 5.41 Å². The number of carbonyl (C=O) groups excluding carboxylic acids is 1. The Morgan fingerprint density at radius 2 is 2.15 bits per heavy atom. The van der Waals surface area contributed by atoms with Gasteiger partial charge >= 0.3 is 6.18 Å². The number of aryl methyl sites for hydroxylation is 1. The van der Waals surface area contributed by atoms with E-state index in [0.717, 1.165) is 18.6 Å². The Kier molecular flexibility index (Phi) is 6.20. The van der Waals surface area contributed by atoms with Gasteiger partial charge in [-0.1, -0.05) is 6.92 Å². The van der Waals surface area contributed by atoms with Gasteiger partial charge in [-0.05, 0) is 36.6 Å². The second-order valence-electron chi connectivity index (χ2n) is 6.87. The monoisotopic (exact) mass is 407 g/mol. The summed E-state index contributed by atoms with van der Waals surface area (Å²) in [6.07, 6.45) is -2.72. The van der Waals surface area contributed by atoms with E-state index in [4.69, 9.17) is 5.73 Å². The summed E-state index contributed by atoms with van der Waals surface area (Å²) in [5.74, 6) is 0.0485. The van der Waals surface area contributed by atoms with Crippen molar-refractivity contribution in [2.24, 2.45) is 11.1 Å². The number of nitrogens with two attached hydrogens (primary N) is 1. The third-order valence-corrected chi connectivity index (χ3v) is 5.81. The summed E-state index contributed by atoms with van der Waals surface area (Å²) in [5, 5.41) is 0.684. The van der Waals surface area contributed by atoms with Gasteiger partial charge in [-0.3, -0.25) is 4.79 Å². The highest BCUT2D eigenvalue weighted by molar-refractivity contribution is 7.18. The molecule has 1 aliphatic rings. The zero-order valence-corrected chi connectivity index (χ0v) is 15.9. The maximum Gasteiger partial charge on any atom is 0.416 e. The topological polar surface area (TPSA) is 59.2 Å². The Balaban J connectivity index is 0.00000243. The summed E-state index contributed by atoms with van der Waals surface area (Å²) < 4.78 is 39.0. The number of carbonyl (C=O) groups is 1. The van der Waals surface area contributed by atoms with Crippen LogP contribution < -0.4 is 5.73 Å². The number of amides is 1. The van der Waals surface area contributed by atoms with Gasteiger partial charge in [0.05, 0.1) is 20.8 Å². The summed E-state index contributed by atoms with van der Waals surface area (Å²) >= 11 is 1.34. The lowest BCUT2D eigenvalue weighted by atomic mass is 9.90. The fraction of sp³-hybridized carbons (Fsp3) is 0.529. The molecule has 1 aliphatic heterocycles. The van der Waals surface area contributed by atoms with Crippen LogP contribution in [0.1, 0.15) is 30.3 Å². The van der Waals surface area contributed by atoms with Crippen LogP contribution in [0.3, 0.4) is 0 Å². The van der Waals surface area contributed by atoms with Crippen LogP contribution in [0.5, 0.6) is 0 Å². The Morgan fingerprint density at radius 1 is 1.42 bits per heavy atom. The van der Waals surface area contributed by atoms with Crippen LogP contribution in [0.15, 0.2) is 18.2 Å². The fourth-order valence-electron chi connectivity index (χ4n) is 3.03. The lowest BCUT2D eigenvalue weighted by molar-refractivity contribution is -0.137. The highest BCUT2D eigenvalue weighted by atomic mass is 35.5. The van der Waals surface area contributed by atoms with E-state index in [1.54, 1.807) is 0 Å². The first-order valence-electron chi connectivity index (χ1n) is 8.15. The predicted molar refractivity (Wildman–Crippen MR) is 98.5 cm³/mol. The van der Waals surface area contributed by atoms with Crippen LogP contribution in [0.25, 0.3) is 10.2 Å². The smallest absolute Gasteiger partial charge is 0.342 e. The normalized spacial score (nSPS) is 20.4. The van der Waals surface area contributed by atoms with Gasteiger partial charge in [0, 0.05) is 25.9 Å². The minimum absolute atomic E-state index is 0. The molecule has 0 saturated carbocycles. The third kappa shape index (κ3) is 4.47. The molecule has 0 spiro atoms. The maximum atomic E-state index is 12.8. The van der Waals surface area contributed by atoms with Crippen LogP contribution in [0.2, 0.25) is 0 Å². The molecule has 2 aromatic rings. The molecule has 2 N–H and O–H groups in total. The number of fused-ring (bicyclic) bond motifs is 1. The van der Waals surface area contributed by atoms with E-state index in [0.29, 0.717) is 47.7 Å². The van der Waals surface area contributed by atoms with Crippen molar-refractivity contribution in [1.82, 2.24) is 9.88 Å². The van der Waals surface area contributed by atoms with E-state index in [9.17, 15) is 18.0 Å². The number of thiazole rings is 1. The minimum Gasteiger partial charge on any atom is -0.342 e. The molecule has 1 saturated heterocycles. The van der Waals surface area contributed by atoms with Crippen LogP contribution >= 0.6 is 23.7 Å². The van der Waals surface area contributed by atoms with E-state index in [2.05, 4.69) is 11.9 Å². The van der Waals surface area contributed by atoms with Crippen LogP contribution in [-0.4, -0.2) is 35.4 Å². The van der Waals surface area contributed by atoms with Gasteiger partial charge in [0.2, 0.25) is 5.91 Å². The van der Waals surface area contributed by atoms with E-state index in [1.165, 1.54) is 17.4 Å². The molecule has 4 nitrogen and oxygen atoms in total. The molecule has 1 fully saturated rings. The van der Waals surface area contributed by atoms with E-state index in [-0.39, 0.29) is 23.7 Å². The van der Waals surface area contributed by atoms with Crippen molar-refractivity contribution in [1.29, 1.82) is 0 Å². The van der Waals surface area contributed by atoms with E-state index in [1.807, 2.05) is 4.90 Å². The first-order chi connectivity index (χ1) is 11.7. The second kappa shape index (κ2) is 7.70. The van der Waals surface area contributed by atoms with Gasteiger partial charge < -0.3 is 10.6 Å². The molecule has 1 aromatic carbocycles. The highest BCUT2D eigenvalue weighted by Crippen LogP contribution is 2.33. The molecule has 1 atom stereocenters. The van der Waals surface area contributed by atoms with Crippen molar-refractivity contribution in [3.05, 3.63) is 28.8 Å². The highest BCUT2D eigenvalue weighted by Gasteiger charge is 2.34. The maximum absolute atomic E-state index is 12.8. The van der Waals surface area contributed by atoms with Crippen molar-refractivity contribution in [3.8, 4) is 0 Å². The molecule has 3 rings (SSSR count). The van der Waals surface area contributed by atoms with Crippen molar-refractivity contribution in [3.63, 3.8) is 0 Å². The van der Waals surface area contributed by atoms with Crippen molar-refractivity contribution >= 4 is 39.9 Å². The molecule has 1 amide bonds. The van der Waals surface area contributed by atoms with Gasteiger partial charge in [0.15, 0.2) is 0 Å². The van der Waals surface area contributed by atoms with Crippen LogP contribution in [-0.2, 0) is 17.4 Å². The van der Waals surface area contributed by atoms with Gasteiger partial charge in [0.25, 0.3) is 0 Å². The number of halogens is 4. The molecular formula is C17H21ClF3N3OS. The summed E-state index contributed by atoms with van der Waals surface area (Å²) in [4.78, 5) is 18.4. The average molecular weight is 408 g/mol. The molecule has 144 valence electrons. The summed E-state index contributed by atoms with van der Waals surface area (Å²) in [6, 6.07) is 3.56. The molecule has 0 radical (unpaired) electrons. The third-order valence-electron chi connectivity index (χ3n) is 4.72. The zero-order valence-electron chi connectivity index (χ0n) is 14.3. The minimum atomic E-state index is -4.38. The van der Waals surface area contributed by atoms with Crippen molar-refractivity contribution < 1.29 is 18.0 Å². The van der Waals surface area contributed by atoms with Gasteiger partial charge in [0.1, 0.15) is 0 Å². The summed E-state index contributed by atoms with van der Waals surface area (Å²) in [5.41, 5.74) is 5.37. The number of nitrogens with zero attached hydrogens (tertiary/aromatic N) is 2. The Labute approximate surface area is 160 Å². The van der Waals surface area contributed by atoms with Crippen molar-refractivity contribution in [2.75, 3.05) is 19.6 Å². The molecule has 2 heterocycles. The van der Waals surface area contributed by atoms with Gasteiger partial charge in [-0.15, -0.1) is 23.7 Å². The predicted octanol–water partition coefficient (Wildman–Crippen LogP) is 3.87. The summed E-state index contributed by atoms with van der Waals surface area (Å²) in [6.45, 7) is 4.00. The molecular weight excluding hydrogens is 387 g/mol. The number of benzene rings is 1. The number of hydrogen-bond acceptors (Lipinski definition) is 4. The summed E-state index contributed by atoms with van der Waals surface area (Å²) in [7, 11) is 0. The lowest BCUT2D eigenvalue weighted by Crippen LogP contribution is -2.34. The molecule has 1 aromatic heterocycles. The number of hydrogen-bond donors (Lipinski definition) is 1. The lowest BCUT2D eigenvalue weighted by Gasteiger charge is -2.22. The largest absolute Gasteiger partial charge is 0.416 e. The molecule has 9 heteroatoms. The quantitative estimate of drug-likeness (QED) is 0.837. The number of rotatable bonds is 4. The molecule has 1 unspecified atom stereocenters. The van der Waals surface area contributed by atoms with E-state index >= 15 is 0 Å². The number of aromatic nitrogens is 1.